The van der Waals surface area contributed by atoms with Gasteiger partial charge < -0.3 is 15.0 Å². The molecule has 0 radical (unpaired) electrons. The van der Waals surface area contributed by atoms with Crippen molar-refractivity contribution in [2.75, 3.05) is 13.2 Å². The van der Waals surface area contributed by atoms with Crippen LogP contribution in [0.5, 0.6) is 0 Å². The monoisotopic (exact) mass is 342 g/mol. The van der Waals surface area contributed by atoms with Crippen molar-refractivity contribution in [3.05, 3.63) is 48.6 Å². The molecule has 1 heterocycles. The summed E-state index contributed by atoms with van der Waals surface area (Å²) in [5.41, 5.74) is 0.215. The number of nitrogens with zero attached hydrogens (tertiary/aromatic N) is 1. The fourth-order valence-corrected chi connectivity index (χ4v) is 3.71. The van der Waals surface area contributed by atoms with E-state index in [4.69, 9.17) is 4.74 Å². The van der Waals surface area contributed by atoms with Crippen LogP contribution in [0.2, 0.25) is 0 Å². The van der Waals surface area contributed by atoms with Gasteiger partial charge in [0.05, 0.1) is 0 Å². The van der Waals surface area contributed by atoms with Crippen molar-refractivity contribution in [3.63, 3.8) is 0 Å². The van der Waals surface area contributed by atoms with E-state index < -0.39 is 5.54 Å². The summed E-state index contributed by atoms with van der Waals surface area (Å²) in [6.07, 6.45) is 5.40. The number of nitrogens with one attached hydrogen (secondary N) is 1. The molecule has 1 N–H and O–H groups in total. The summed E-state index contributed by atoms with van der Waals surface area (Å²) < 4.78 is 5.49. The van der Waals surface area contributed by atoms with Crippen LogP contribution in [0.1, 0.15) is 37.7 Å². The van der Waals surface area contributed by atoms with E-state index in [1.165, 1.54) is 6.08 Å². The summed E-state index contributed by atoms with van der Waals surface area (Å²) in [5, 5.41) is 3.05. The maximum absolute atomic E-state index is 13.2. The molecule has 2 fully saturated rings. The molecule has 5 nitrogen and oxygen atoms in total. The third-order valence-corrected chi connectivity index (χ3v) is 5.35. The molecule has 0 unspecified atom stereocenters. The van der Waals surface area contributed by atoms with Crippen LogP contribution < -0.4 is 5.32 Å². The van der Waals surface area contributed by atoms with Gasteiger partial charge in [0, 0.05) is 38.6 Å². The fourth-order valence-electron chi connectivity index (χ4n) is 3.71. The Kier molecular flexibility index (Phi) is 5.53. The summed E-state index contributed by atoms with van der Waals surface area (Å²) >= 11 is 0. The third-order valence-electron chi connectivity index (χ3n) is 5.35. The van der Waals surface area contributed by atoms with Crippen molar-refractivity contribution >= 4 is 11.8 Å². The van der Waals surface area contributed by atoms with Crippen LogP contribution in [0.25, 0.3) is 0 Å². The number of carbonyl (C=O) groups is 2. The lowest BCUT2D eigenvalue weighted by Crippen LogP contribution is -2.66. The van der Waals surface area contributed by atoms with E-state index in [1.54, 1.807) is 4.90 Å². The van der Waals surface area contributed by atoms with E-state index >= 15 is 0 Å². The molecule has 5 heteroatoms. The number of hydrogen-bond donors (Lipinski definition) is 1. The first-order chi connectivity index (χ1) is 12.2. The average Bonchev–Trinajstić information content (AvgIpc) is 2.63. The minimum atomic E-state index is -0.830. The molecule has 1 aliphatic heterocycles. The summed E-state index contributed by atoms with van der Waals surface area (Å²) in [5.74, 6) is -0.233. The Hall–Kier alpha value is -2.14. The van der Waals surface area contributed by atoms with Gasteiger partial charge >= 0.3 is 0 Å². The van der Waals surface area contributed by atoms with Crippen LogP contribution in [0.15, 0.2) is 43.0 Å². The number of hydrogen-bond acceptors (Lipinski definition) is 3. The van der Waals surface area contributed by atoms with Gasteiger partial charge in [0.1, 0.15) is 5.54 Å². The smallest absolute Gasteiger partial charge is 0.247 e. The Morgan fingerprint density at radius 2 is 1.92 bits per heavy atom. The number of benzene rings is 1. The fraction of sp³-hybridized carbons (Fsp3) is 0.500. The van der Waals surface area contributed by atoms with Gasteiger partial charge in [-0.3, -0.25) is 9.59 Å². The van der Waals surface area contributed by atoms with Crippen LogP contribution in [0.3, 0.4) is 0 Å². The first kappa shape index (κ1) is 17.7. The number of ether oxygens (including phenoxy) is 1. The number of amides is 2. The molecule has 3 rings (SSSR count). The van der Waals surface area contributed by atoms with Crippen molar-refractivity contribution in [3.8, 4) is 0 Å². The molecular formula is C20H26N2O3. The van der Waals surface area contributed by atoms with Crippen LogP contribution >= 0.6 is 0 Å². The van der Waals surface area contributed by atoms with Crippen LogP contribution in [0, 0.1) is 0 Å². The second kappa shape index (κ2) is 7.83. The lowest BCUT2D eigenvalue weighted by atomic mass is 9.80. The van der Waals surface area contributed by atoms with Crippen LogP contribution in [0.4, 0.5) is 0 Å². The molecule has 0 spiro atoms. The summed E-state index contributed by atoms with van der Waals surface area (Å²) in [4.78, 5) is 27.6. The minimum Gasteiger partial charge on any atom is -0.381 e. The van der Waals surface area contributed by atoms with E-state index in [-0.39, 0.29) is 17.9 Å². The highest BCUT2D eigenvalue weighted by Crippen LogP contribution is 2.37. The molecule has 2 amide bonds. The normalized spacial score (nSPS) is 19.5. The SMILES string of the molecule is C=CC(=O)N(C1CCC1)C1(C(=O)NCc2ccccc2)CCOCC1. The Labute approximate surface area is 149 Å². The molecule has 0 aromatic heterocycles. The van der Waals surface area contributed by atoms with E-state index in [2.05, 4.69) is 11.9 Å². The molecule has 0 atom stereocenters. The largest absolute Gasteiger partial charge is 0.381 e. The highest BCUT2D eigenvalue weighted by Gasteiger charge is 2.50. The molecule has 1 aliphatic carbocycles. The zero-order valence-electron chi connectivity index (χ0n) is 14.6. The summed E-state index contributed by atoms with van der Waals surface area (Å²) in [6.45, 7) is 5.09. The first-order valence-corrected chi connectivity index (χ1v) is 9.03. The number of rotatable bonds is 6. The molecule has 2 aliphatic rings. The standard InChI is InChI=1S/C20H26N2O3/c1-2-18(23)22(17-9-6-10-17)20(11-13-25-14-12-20)19(24)21-15-16-7-4-3-5-8-16/h2-5,7-8,17H,1,6,9-15H2,(H,21,24). The van der Waals surface area contributed by atoms with Gasteiger partial charge in [-0.05, 0) is 30.9 Å². The molecule has 1 aromatic rings. The molecule has 0 bridgehead atoms. The predicted octanol–water partition coefficient (Wildman–Crippen LogP) is 2.42. The second-order valence-corrected chi connectivity index (χ2v) is 6.81. The Bertz CT molecular complexity index is 619. The van der Waals surface area contributed by atoms with Gasteiger partial charge in [-0.15, -0.1) is 0 Å². The molecular weight excluding hydrogens is 316 g/mol. The van der Waals surface area contributed by atoms with Crippen molar-refractivity contribution in [1.82, 2.24) is 10.2 Å². The molecule has 1 saturated carbocycles. The van der Waals surface area contributed by atoms with Crippen molar-refractivity contribution in [2.24, 2.45) is 0 Å². The summed E-state index contributed by atoms with van der Waals surface area (Å²) in [6, 6.07) is 9.95. The molecule has 25 heavy (non-hydrogen) atoms. The van der Waals surface area contributed by atoms with E-state index in [9.17, 15) is 9.59 Å². The highest BCUT2D eigenvalue weighted by atomic mass is 16.5. The Balaban J connectivity index is 1.82. The zero-order chi connectivity index (χ0) is 17.7. The van der Waals surface area contributed by atoms with Crippen LogP contribution in [-0.4, -0.2) is 41.5 Å². The molecule has 1 saturated heterocycles. The lowest BCUT2D eigenvalue weighted by Gasteiger charge is -2.50. The van der Waals surface area contributed by atoms with Crippen molar-refractivity contribution in [2.45, 2.75) is 50.2 Å². The Morgan fingerprint density at radius 3 is 2.48 bits per heavy atom. The van der Waals surface area contributed by atoms with Gasteiger partial charge in [-0.1, -0.05) is 36.9 Å². The predicted molar refractivity (Wildman–Crippen MR) is 95.8 cm³/mol. The zero-order valence-corrected chi connectivity index (χ0v) is 14.6. The van der Waals surface area contributed by atoms with Crippen molar-refractivity contribution in [1.29, 1.82) is 0 Å². The lowest BCUT2D eigenvalue weighted by molar-refractivity contribution is -0.158. The second-order valence-electron chi connectivity index (χ2n) is 6.81. The van der Waals surface area contributed by atoms with Gasteiger partial charge in [0.15, 0.2) is 0 Å². The Morgan fingerprint density at radius 1 is 1.24 bits per heavy atom. The van der Waals surface area contributed by atoms with E-state index in [1.807, 2.05) is 30.3 Å². The van der Waals surface area contributed by atoms with Crippen LogP contribution in [-0.2, 0) is 20.9 Å². The third kappa shape index (κ3) is 3.61. The van der Waals surface area contributed by atoms with Gasteiger partial charge in [-0.2, -0.15) is 0 Å². The van der Waals surface area contributed by atoms with Gasteiger partial charge in [0.2, 0.25) is 11.8 Å². The van der Waals surface area contributed by atoms with Gasteiger partial charge in [-0.25, -0.2) is 0 Å². The highest BCUT2D eigenvalue weighted by molar-refractivity contribution is 5.95. The maximum Gasteiger partial charge on any atom is 0.247 e. The molecule has 1 aromatic carbocycles. The minimum absolute atomic E-state index is 0.0817. The van der Waals surface area contributed by atoms with Crippen molar-refractivity contribution < 1.29 is 14.3 Å². The maximum atomic E-state index is 13.2. The average molecular weight is 342 g/mol. The quantitative estimate of drug-likeness (QED) is 0.808. The van der Waals surface area contributed by atoms with E-state index in [0.29, 0.717) is 32.6 Å². The first-order valence-electron chi connectivity index (χ1n) is 9.03. The van der Waals surface area contributed by atoms with E-state index in [0.717, 1.165) is 24.8 Å². The molecule has 134 valence electrons. The number of carbonyl (C=O) groups excluding carboxylic acids is 2. The topological polar surface area (TPSA) is 58.6 Å². The van der Waals surface area contributed by atoms with Gasteiger partial charge in [0.25, 0.3) is 0 Å². The summed E-state index contributed by atoms with van der Waals surface area (Å²) in [7, 11) is 0.